The highest BCUT2D eigenvalue weighted by atomic mass is 16.5. The fourth-order valence-corrected chi connectivity index (χ4v) is 4.99. The van der Waals surface area contributed by atoms with Crippen molar-refractivity contribution >= 4 is 41.0 Å². The lowest BCUT2D eigenvalue weighted by Gasteiger charge is -2.37. The lowest BCUT2D eigenvalue weighted by Crippen LogP contribution is -2.55. The molecule has 15 heteroatoms. The van der Waals surface area contributed by atoms with E-state index in [4.69, 9.17) is 15.7 Å². The number of rotatable bonds is 10. The van der Waals surface area contributed by atoms with Crippen molar-refractivity contribution in [3.63, 3.8) is 0 Å². The van der Waals surface area contributed by atoms with Crippen molar-refractivity contribution in [2.75, 3.05) is 51.4 Å². The molecule has 3 aromatic heterocycles. The molecule has 1 aliphatic rings. The quantitative estimate of drug-likeness (QED) is 0.0336. The molecule has 1 aliphatic heterocycles. The van der Waals surface area contributed by atoms with E-state index in [1.807, 2.05) is 41.3 Å². The maximum Gasteiger partial charge on any atom is 0.295 e. The van der Waals surface area contributed by atoms with Crippen molar-refractivity contribution < 1.29 is 19.4 Å². The minimum atomic E-state index is -0.669. The number of amides is 1. The van der Waals surface area contributed by atoms with Gasteiger partial charge in [0.05, 0.1) is 42.1 Å². The first kappa shape index (κ1) is 29.2. The number of hydrogen-bond donors (Lipinski definition) is 5. The first-order valence-electron chi connectivity index (χ1n) is 13.6. The van der Waals surface area contributed by atoms with E-state index in [9.17, 15) is 9.59 Å². The van der Waals surface area contributed by atoms with Gasteiger partial charge in [-0.1, -0.05) is 18.2 Å². The number of methoxy groups -OCH3 is 1. The van der Waals surface area contributed by atoms with Crippen LogP contribution in [0.2, 0.25) is 0 Å². The van der Waals surface area contributed by atoms with Crippen LogP contribution in [-0.4, -0.2) is 106 Å². The zero-order chi connectivity index (χ0) is 30.3. The number of ether oxygens (including phenoxy) is 1. The molecule has 0 saturated carbocycles. The number of aliphatic hydroxyl groups is 1. The summed E-state index contributed by atoms with van der Waals surface area (Å²) in [4.78, 5) is 38.0. The second-order valence-electron chi connectivity index (χ2n) is 9.63. The van der Waals surface area contributed by atoms with Crippen LogP contribution in [0.25, 0.3) is 22.3 Å². The van der Waals surface area contributed by atoms with Crippen LogP contribution >= 0.6 is 0 Å². The van der Waals surface area contributed by atoms with Crippen molar-refractivity contribution in [1.29, 1.82) is 0 Å². The standard InChI is InChI=1S/C28H33N11O4/c1-30-39(19-6-4-3-5-7-19)28(34-29)38-11-9-37(10-12-38)27(42)26(41)20-16-32-25-23(20)22(43-2)17-33-24(25)21-14-18(35-36-21)15-31-8-13-40/h3-7,14,16-17,31-32,40H,1,8-13,15,29H2,2H3,(H,35,36)/b34-28-. The highest BCUT2D eigenvalue weighted by Gasteiger charge is 2.32. The highest BCUT2D eigenvalue weighted by molar-refractivity contribution is 6.45. The van der Waals surface area contributed by atoms with E-state index in [2.05, 4.69) is 42.4 Å². The van der Waals surface area contributed by atoms with Gasteiger partial charge in [-0.3, -0.25) is 14.7 Å². The second kappa shape index (κ2) is 13.1. The van der Waals surface area contributed by atoms with Gasteiger partial charge in [-0.15, -0.1) is 5.10 Å². The summed E-state index contributed by atoms with van der Waals surface area (Å²) in [6.07, 6.45) is 3.00. The van der Waals surface area contributed by atoms with E-state index in [1.165, 1.54) is 29.4 Å². The lowest BCUT2D eigenvalue weighted by atomic mass is 10.1. The molecule has 0 bridgehead atoms. The first-order valence-corrected chi connectivity index (χ1v) is 13.6. The van der Waals surface area contributed by atoms with Gasteiger partial charge in [0.15, 0.2) is 0 Å². The van der Waals surface area contributed by atoms with Gasteiger partial charge in [0.25, 0.3) is 11.7 Å². The number of fused-ring (bicyclic) bond motifs is 1. The topological polar surface area (TPSA) is 193 Å². The molecular weight excluding hydrogens is 554 g/mol. The molecule has 1 fully saturated rings. The third-order valence-electron chi connectivity index (χ3n) is 7.11. The van der Waals surface area contributed by atoms with Gasteiger partial charge < -0.3 is 35.8 Å². The summed E-state index contributed by atoms with van der Waals surface area (Å²) >= 11 is 0. The number of carbonyl (C=O) groups is 2. The van der Waals surface area contributed by atoms with Gasteiger partial charge in [-0.05, 0) is 18.2 Å². The Morgan fingerprint density at radius 1 is 1.21 bits per heavy atom. The highest BCUT2D eigenvalue weighted by Crippen LogP contribution is 2.34. The first-order chi connectivity index (χ1) is 21.0. The summed E-state index contributed by atoms with van der Waals surface area (Å²) in [6, 6.07) is 11.2. The maximum absolute atomic E-state index is 13.6. The molecule has 4 aromatic rings. The van der Waals surface area contributed by atoms with E-state index in [0.29, 0.717) is 60.2 Å². The van der Waals surface area contributed by atoms with E-state index in [1.54, 1.807) is 0 Å². The zero-order valence-corrected chi connectivity index (χ0v) is 23.7. The monoisotopic (exact) mass is 587 g/mol. The number of benzene rings is 1. The fourth-order valence-electron chi connectivity index (χ4n) is 4.99. The number of hydrazone groups is 2. The number of piperazine rings is 1. The largest absolute Gasteiger partial charge is 0.494 e. The molecule has 0 aliphatic carbocycles. The molecule has 0 atom stereocenters. The Morgan fingerprint density at radius 3 is 2.63 bits per heavy atom. The summed E-state index contributed by atoms with van der Waals surface area (Å²) < 4.78 is 5.51. The molecular formula is C28H33N11O4. The van der Waals surface area contributed by atoms with Gasteiger partial charge in [0.1, 0.15) is 17.1 Å². The number of guanidine groups is 1. The molecule has 1 aromatic carbocycles. The van der Waals surface area contributed by atoms with Gasteiger partial charge in [0.2, 0.25) is 5.96 Å². The van der Waals surface area contributed by atoms with E-state index < -0.39 is 11.7 Å². The summed E-state index contributed by atoms with van der Waals surface area (Å²) in [6.45, 7) is 5.92. The van der Waals surface area contributed by atoms with Crippen molar-refractivity contribution in [1.82, 2.24) is 35.3 Å². The number of nitrogens with one attached hydrogen (secondary N) is 3. The minimum Gasteiger partial charge on any atom is -0.494 e. The Kier molecular flexibility index (Phi) is 8.93. The summed E-state index contributed by atoms with van der Waals surface area (Å²) in [5.41, 5.74) is 3.27. The van der Waals surface area contributed by atoms with Crippen molar-refractivity contribution in [3.8, 4) is 17.1 Å². The zero-order valence-electron chi connectivity index (χ0n) is 23.7. The third kappa shape index (κ3) is 5.89. The number of hydrogen-bond acceptors (Lipinski definition) is 10. The second-order valence-corrected chi connectivity index (χ2v) is 9.63. The predicted octanol–water partition coefficient (Wildman–Crippen LogP) is 0.722. The Morgan fingerprint density at radius 2 is 1.95 bits per heavy atom. The minimum absolute atomic E-state index is 0.0258. The Labute approximate surface area is 247 Å². The SMILES string of the molecule is C=NN(/C(=N\N)N1CCN(C(=O)C(=O)c2c[nH]c3c(-c4cc(CNCCO)[nH]n4)ncc(OC)c23)CC1)c1ccccc1. The van der Waals surface area contributed by atoms with Gasteiger partial charge in [0, 0.05) is 57.9 Å². The number of pyridine rings is 1. The summed E-state index contributed by atoms with van der Waals surface area (Å²) in [5, 5.41) is 29.3. The molecule has 15 nitrogen and oxygen atoms in total. The Bertz CT molecular complexity index is 1620. The number of anilines is 1. The van der Waals surface area contributed by atoms with E-state index in [0.717, 1.165) is 11.4 Å². The molecule has 43 heavy (non-hydrogen) atoms. The van der Waals surface area contributed by atoms with Crippen molar-refractivity contribution in [2.45, 2.75) is 6.54 Å². The smallest absolute Gasteiger partial charge is 0.295 e. The Balaban J connectivity index is 1.33. The van der Waals surface area contributed by atoms with Crippen LogP contribution in [0.15, 0.2) is 59.0 Å². The Hall–Kier alpha value is -5.28. The molecule has 1 saturated heterocycles. The van der Waals surface area contributed by atoms with Crippen molar-refractivity contribution in [3.05, 3.63) is 60.0 Å². The van der Waals surface area contributed by atoms with Crippen LogP contribution in [0, 0.1) is 0 Å². The maximum atomic E-state index is 13.6. The number of aromatic nitrogens is 4. The average Bonchev–Trinajstić information content (AvgIpc) is 3.71. The molecule has 1 amide bonds. The van der Waals surface area contributed by atoms with Crippen molar-refractivity contribution in [2.24, 2.45) is 16.0 Å². The van der Waals surface area contributed by atoms with Crippen LogP contribution in [0.5, 0.6) is 5.75 Å². The van der Waals surface area contributed by atoms with Crippen LogP contribution in [0.3, 0.4) is 0 Å². The number of nitrogens with two attached hydrogens (primary N) is 1. The number of para-hydroxylation sites is 1. The molecule has 0 radical (unpaired) electrons. The molecule has 5 rings (SSSR count). The number of nitrogens with zero attached hydrogens (tertiary/aromatic N) is 7. The molecule has 224 valence electrons. The van der Waals surface area contributed by atoms with E-state index in [-0.39, 0.29) is 25.3 Å². The van der Waals surface area contributed by atoms with Gasteiger partial charge >= 0.3 is 0 Å². The summed E-state index contributed by atoms with van der Waals surface area (Å²) in [5.74, 6) is 5.16. The molecule has 6 N–H and O–H groups in total. The van der Waals surface area contributed by atoms with Gasteiger partial charge in [-0.25, -0.2) is 4.98 Å². The normalized spacial score (nSPS) is 13.8. The number of aromatic amines is 2. The third-order valence-corrected chi connectivity index (χ3v) is 7.11. The molecule has 0 unspecified atom stereocenters. The number of aliphatic hydroxyl groups excluding tert-OH is 1. The number of carbonyl (C=O) groups excluding carboxylic acids is 2. The predicted molar refractivity (Wildman–Crippen MR) is 162 cm³/mol. The fraction of sp³-hybridized carbons (Fsp3) is 0.286. The van der Waals surface area contributed by atoms with Crippen LogP contribution in [0.4, 0.5) is 5.69 Å². The van der Waals surface area contributed by atoms with E-state index >= 15 is 0 Å². The van der Waals surface area contributed by atoms with Gasteiger partial charge in [-0.2, -0.15) is 15.2 Å². The number of ketones is 1. The lowest BCUT2D eigenvalue weighted by molar-refractivity contribution is -0.127. The molecule has 4 heterocycles. The summed E-state index contributed by atoms with van der Waals surface area (Å²) in [7, 11) is 1.48. The number of H-pyrrole nitrogens is 2. The average molecular weight is 588 g/mol. The number of Topliss-reactive ketones (excluding diaryl/α,β-unsaturated/α-hetero) is 1. The van der Waals surface area contributed by atoms with Crippen LogP contribution < -0.4 is 20.9 Å². The van der Waals surface area contributed by atoms with Crippen LogP contribution in [0.1, 0.15) is 16.1 Å². The van der Waals surface area contributed by atoms with Crippen LogP contribution in [-0.2, 0) is 11.3 Å². The molecule has 0 spiro atoms.